The van der Waals surface area contributed by atoms with E-state index < -0.39 is 0 Å². The Morgan fingerprint density at radius 1 is 1.39 bits per heavy atom. The number of halogens is 1. The molecule has 1 fully saturated rings. The number of aromatic nitrogens is 2. The zero-order chi connectivity index (χ0) is 16.3. The van der Waals surface area contributed by atoms with Crippen LogP contribution in [0, 0.1) is 5.92 Å². The summed E-state index contributed by atoms with van der Waals surface area (Å²) in [5, 5.41) is 7.50. The standard InChI is InChI=1S/C17H30N4O.ClH/c1-12(2)15-9-16(20(5)19-15)17(22)18-10-14-7-6-8-21(11-14)13(3)4;/h9,12-14H,6-8,10-11H2,1-5H3,(H,18,22);1H. The summed E-state index contributed by atoms with van der Waals surface area (Å²) >= 11 is 0. The average Bonchev–Trinajstić information content (AvgIpc) is 2.87. The van der Waals surface area contributed by atoms with Crippen molar-refractivity contribution < 1.29 is 4.79 Å². The normalized spacial score (nSPS) is 19.0. The minimum atomic E-state index is -0.0106. The van der Waals surface area contributed by atoms with Gasteiger partial charge >= 0.3 is 0 Å². The first-order valence-electron chi connectivity index (χ1n) is 8.44. The van der Waals surface area contributed by atoms with E-state index in [2.05, 4.69) is 43.0 Å². The Kier molecular flexibility index (Phi) is 7.55. The summed E-state index contributed by atoms with van der Waals surface area (Å²) in [4.78, 5) is 14.9. The zero-order valence-corrected chi connectivity index (χ0v) is 15.8. The topological polar surface area (TPSA) is 50.2 Å². The van der Waals surface area contributed by atoms with E-state index in [1.54, 1.807) is 4.68 Å². The monoisotopic (exact) mass is 342 g/mol. The summed E-state index contributed by atoms with van der Waals surface area (Å²) in [7, 11) is 1.84. The number of hydrogen-bond acceptors (Lipinski definition) is 3. The molecule has 6 heteroatoms. The SMILES string of the molecule is CC(C)c1cc(C(=O)NCC2CCCN(C(C)C)C2)n(C)n1.Cl. The van der Waals surface area contributed by atoms with Crippen LogP contribution < -0.4 is 5.32 Å². The molecule has 5 nitrogen and oxygen atoms in total. The molecule has 0 saturated carbocycles. The molecule has 1 aliphatic rings. The molecule has 1 aromatic heterocycles. The van der Waals surface area contributed by atoms with Crippen molar-refractivity contribution >= 4 is 18.3 Å². The van der Waals surface area contributed by atoms with Crippen molar-refractivity contribution in [2.24, 2.45) is 13.0 Å². The molecular weight excluding hydrogens is 312 g/mol. The van der Waals surface area contributed by atoms with Gasteiger partial charge in [0.2, 0.25) is 0 Å². The second kappa shape index (κ2) is 8.69. The zero-order valence-electron chi connectivity index (χ0n) is 15.0. The Hall–Kier alpha value is -1.07. The average molecular weight is 343 g/mol. The van der Waals surface area contributed by atoms with Gasteiger partial charge in [0, 0.05) is 26.2 Å². The second-order valence-corrected chi connectivity index (χ2v) is 7.04. The van der Waals surface area contributed by atoms with E-state index in [0.29, 0.717) is 23.6 Å². The number of nitrogens with zero attached hydrogens (tertiary/aromatic N) is 3. The molecular formula is C17H31ClN4O. The molecule has 132 valence electrons. The lowest BCUT2D eigenvalue weighted by molar-refractivity contribution is 0.0913. The van der Waals surface area contributed by atoms with Gasteiger partial charge in [0.25, 0.3) is 5.91 Å². The summed E-state index contributed by atoms with van der Waals surface area (Å²) in [5.41, 5.74) is 1.62. The number of piperidine rings is 1. The van der Waals surface area contributed by atoms with Gasteiger partial charge < -0.3 is 10.2 Å². The van der Waals surface area contributed by atoms with Crippen molar-refractivity contribution in [1.82, 2.24) is 20.0 Å². The van der Waals surface area contributed by atoms with Crippen LogP contribution in [0.2, 0.25) is 0 Å². The Balaban J connectivity index is 0.00000264. The van der Waals surface area contributed by atoms with Crippen LogP contribution in [0.15, 0.2) is 6.07 Å². The molecule has 0 aromatic carbocycles. The maximum atomic E-state index is 12.4. The van der Waals surface area contributed by atoms with Gasteiger partial charge in [-0.3, -0.25) is 9.48 Å². The van der Waals surface area contributed by atoms with Crippen molar-refractivity contribution in [3.05, 3.63) is 17.5 Å². The van der Waals surface area contributed by atoms with E-state index in [-0.39, 0.29) is 18.3 Å². The lowest BCUT2D eigenvalue weighted by atomic mass is 9.97. The number of amides is 1. The van der Waals surface area contributed by atoms with Crippen LogP contribution in [-0.4, -0.2) is 46.3 Å². The van der Waals surface area contributed by atoms with E-state index in [9.17, 15) is 4.79 Å². The molecule has 1 amide bonds. The van der Waals surface area contributed by atoms with E-state index in [1.165, 1.54) is 19.4 Å². The Morgan fingerprint density at radius 2 is 2.09 bits per heavy atom. The van der Waals surface area contributed by atoms with Gasteiger partial charge in [0.05, 0.1) is 5.69 Å². The largest absolute Gasteiger partial charge is 0.350 e. The molecule has 2 heterocycles. The van der Waals surface area contributed by atoms with E-state index in [0.717, 1.165) is 18.8 Å². The molecule has 1 aliphatic heterocycles. The minimum absolute atomic E-state index is 0. The van der Waals surface area contributed by atoms with Crippen LogP contribution in [0.3, 0.4) is 0 Å². The van der Waals surface area contributed by atoms with Crippen molar-refractivity contribution in [1.29, 1.82) is 0 Å². The summed E-state index contributed by atoms with van der Waals surface area (Å²) in [6, 6.07) is 2.49. The molecule has 23 heavy (non-hydrogen) atoms. The molecule has 1 unspecified atom stereocenters. The van der Waals surface area contributed by atoms with Crippen LogP contribution >= 0.6 is 12.4 Å². The third kappa shape index (κ3) is 5.21. The number of carbonyl (C=O) groups is 1. The molecule has 1 saturated heterocycles. The molecule has 2 rings (SSSR count). The van der Waals surface area contributed by atoms with Crippen LogP contribution in [0.1, 0.15) is 62.6 Å². The Bertz CT molecular complexity index is 513. The fourth-order valence-corrected chi connectivity index (χ4v) is 3.04. The van der Waals surface area contributed by atoms with Crippen molar-refractivity contribution in [3.8, 4) is 0 Å². The summed E-state index contributed by atoms with van der Waals surface area (Å²) in [6.45, 7) is 11.7. The number of carbonyl (C=O) groups excluding carboxylic acids is 1. The summed E-state index contributed by atoms with van der Waals surface area (Å²) < 4.78 is 1.69. The quantitative estimate of drug-likeness (QED) is 0.895. The van der Waals surface area contributed by atoms with Gasteiger partial charge in [-0.05, 0) is 51.1 Å². The lowest BCUT2D eigenvalue weighted by Gasteiger charge is -2.35. The molecule has 0 spiro atoms. The van der Waals surface area contributed by atoms with Crippen molar-refractivity contribution in [2.45, 2.75) is 52.5 Å². The highest BCUT2D eigenvalue weighted by atomic mass is 35.5. The maximum Gasteiger partial charge on any atom is 0.269 e. The van der Waals surface area contributed by atoms with Crippen molar-refractivity contribution in [3.63, 3.8) is 0 Å². The molecule has 0 radical (unpaired) electrons. The highest BCUT2D eigenvalue weighted by Crippen LogP contribution is 2.18. The fraction of sp³-hybridized carbons (Fsp3) is 0.765. The first-order valence-corrected chi connectivity index (χ1v) is 8.44. The molecule has 1 aromatic rings. The third-order valence-corrected chi connectivity index (χ3v) is 4.55. The van der Waals surface area contributed by atoms with Gasteiger partial charge in [-0.1, -0.05) is 13.8 Å². The predicted molar refractivity (Wildman–Crippen MR) is 96.3 cm³/mol. The maximum absolute atomic E-state index is 12.4. The van der Waals surface area contributed by atoms with Crippen LogP contribution in [0.25, 0.3) is 0 Å². The second-order valence-electron chi connectivity index (χ2n) is 7.04. The van der Waals surface area contributed by atoms with Crippen molar-refractivity contribution in [2.75, 3.05) is 19.6 Å². The smallest absolute Gasteiger partial charge is 0.269 e. The van der Waals surface area contributed by atoms with E-state index in [1.807, 2.05) is 13.1 Å². The lowest BCUT2D eigenvalue weighted by Crippen LogP contribution is -2.43. The van der Waals surface area contributed by atoms with E-state index in [4.69, 9.17) is 0 Å². The fourth-order valence-electron chi connectivity index (χ4n) is 3.04. The predicted octanol–water partition coefficient (Wildman–Crippen LogP) is 2.82. The van der Waals surface area contributed by atoms with Gasteiger partial charge in [-0.15, -0.1) is 12.4 Å². The van der Waals surface area contributed by atoms with Gasteiger partial charge in [-0.2, -0.15) is 5.10 Å². The molecule has 1 N–H and O–H groups in total. The number of nitrogens with one attached hydrogen (secondary N) is 1. The van der Waals surface area contributed by atoms with E-state index >= 15 is 0 Å². The Labute approximate surface area is 146 Å². The van der Waals surface area contributed by atoms with Crippen LogP contribution in [0.5, 0.6) is 0 Å². The highest BCUT2D eigenvalue weighted by Gasteiger charge is 2.23. The summed E-state index contributed by atoms with van der Waals surface area (Å²) in [5.74, 6) is 0.882. The first-order chi connectivity index (χ1) is 10.4. The van der Waals surface area contributed by atoms with Gasteiger partial charge in [0.15, 0.2) is 0 Å². The minimum Gasteiger partial charge on any atom is -0.350 e. The van der Waals surface area contributed by atoms with Gasteiger partial charge in [0.1, 0.15) is 5.69 Å². The number of rotatable bonds is 5. The number of hydrogen-bond donors (Lipinski definition) is 1. The Morgan fingerprint density at radius 3 is 2.65 bits per heavy atom. The van der Waals surface area contributed by atoms with Crippen LogP contribution in [-0.2, 0) is 7.05 Å². The third-order valence-electron chi connectivity index (χ3n) is 4.55. The number of likely N-dealkylation sites (tertiary alicyclic amines) is 1. The van der Waals surface area contributed by atoms with Gasteiger partial charge in [-0.25, -0.2) is 0 Å². The summed E-state index contributed by atoms with van der Waals surface area (Å²) in [6.07, 6.45) is 2.42. The number of aryl methyl sites for hydroxylation is 1. The first kappa shape index (κ1) is 20.0. The molecule has 1 atom stereocenters. The van der Waals surface area contributed by atoms with Crippen LogP contribution in [0.4, 0.5) is 0 Å². The molecule has 0 aliphatic carbocycles. The molecule has 0 bridgehead atoms. The highest BCUT2D eigenvalue weighted by molar-refractivity contribution is 5.92.